The van der Waals surface area contributed by atoms with Crippen LogP contribution in [0.25, 0.3) is 0 Å². The van der Waals surface area contributed by atoms with E-state index in [2.05, 4.69) is 22.6 Å². The van der Waals surface area contributed by atoms with Gasteiger partial charge in [-0.2, -0.15) is 4.31 Å². The van der Waals surface area contributed by atoms with Crippen molar-refractivity contribution >= 4 is 44.2 Å². The molecule has 1 heterocycles. The summed E-state index contributed by atoms with van der Waals surface area (Å²) in [6.45, 7) is 5.18. The third-order valence-corrected chi connectivity index (χ3v) is 7.85. The molecule has 144 valence electrons. The first-order valence-electron chi connectivity index (χ1n) is 9.09. The highest BCUT2D eigenvalue weighted by Crippen LogP contribution is 2.32. The van der Waals surface area contributed by atoms with Gasteiger partial charge in [0.1, 0.15) is 0 Å². The van der Waals surface area contributed by atoms with Crippen molar-refractivity contribution in [2.24, 2.45) is 0 Å². The molecule has 1 amide bonds. The Balaban J connectivity index is 1.99. The number of aryl methyl sites for hydroxylation is 1. The van der Waals surface area contributed by atoms with Crippen LogP contribution >= 0.6 is 22.6 Å². The van der Waals surface area contributed by atoms with Crippen LogP contribution in [0.2, 0.25) is 0 Å². The Bertz CT molecular complexity index is 955. The van der Waals surface area contributed by atoms with Crippen molar-refractivity contribution in [3.63, 3.8) is 0 Å². The summed E-state index contributed by atoms with van der Waals surface area (Å²) in [5.74, 6) is -0.0414. The van der Waals surface area contributed by atoms with Gasteiger partial charge in [-0.1, -0.05) is 26.0 Å². The lowest BCUT2D eigenvalue weighted by Crippen LogP contribution is -2.36. The predicted molar refractivity (Wildman–Crippen MR) is 116 cm³/mol. The molecule has 0 saturated heterocycles. The first-order chi connectivity index (χ1) is 12.9. The maximum atomic E-state index is 13.1. The van der Waals surface area contributed by atoms with E-state index in [-0.39, 0.29) is 5.91 Å². The van der Waals surface area contributed by atoms with Crippen LogP contribution in [0.15, 0.2) is 47.4 Å². The van der Waals surface area contributed by atoms with Gasteiger partial charge in [-0.05, 0) is 71.3 Å². The molecule has 2 aromatic rings. The second kappa shape index (κ2) is 8.28. The molecule has 0 atom stereocenters. The van der Waals surface area contributed by atoms with Gasteiger partial charge >= 0.3 is 0 Å². The van der Waals surface area contributed by atoms with E-state index in [0.29, 0.717) is 30.1 Å². The molecule has 0 aromatic heterocycles. The molecule has 0 N–H and O–H groups in total. The predicted octanol–water partition coefficient (Wildman–Crippen LogP) is 3.91. The van der Waals surface area contributed by atoms with E-state index in [1.165, 1.54) is 4.31 Å². The molecule has 0 radical (unpaired) electrons. The largest absolute Gasteiger partial charge is 0.308 e. The molecule has 0 aliphatic carbocycles. The van der Waals surface area contributed by atoms with Crippen LogP contribution in [0.5, 0.6) is 0 Å². The number of benzene rings is 2. The van der Waals surface area contributed by atoms with Gasteiger partial charge in [0.2, 0.25) is 10.0 Å². The number of sulfonamides is 1. The lowest BCUT2D eigenvalue weighted by Gasteiger charge is -2.30. The smallest absolute Gasteiger partial charge is 0.259 e. The molecule has 5 nitrogen and oxygen atoms in total. The lowest BCUT2D eigenvalue weighted by atomic mass is 10.0. The Morgan fingerprint density at radius 1 is 1.15 bits per heavy atom. The maximum Gasteiger partial charge on any atom is 0.259 e. The minimum absolute atomic E-state index is 0.0414. The standard InChI is InChI=1S/C20H23IN2O3S/c1-3-22(4-2)27(25,26)16-11-12-19-15(14-16)8-7-13-23(19)20(24)17-9-5-6-10-18(17)21/h5-6,9-12,14H,3-4,7-8,13H2,1-2H3. The molecule has 7 heteroatoms. The molecule has 1 aliphatic rings. The zero-order valence-corrected chi connectivity index (χ0v) is 18.5. The third-order valence-electron chi connectivity index (χ3n) is 4.86. The minimum atomic E-state index is -3.50. The topological polar surface area (TPSA) is 57.7 Å². The van der Waals surface area contributed by atoms with E-state index < -0.39 is 10.0 Å². The van der Waals surface area contributed by atoms with E-state index >= 15 is 0 Å². The average Bonchev–Trinajstić information content (AvgIpc) is 2.67. The minimum Gasteiger partial charge on any atom is -0.308 e. The zero-order chi connectivity index (χ0) is 19.6. The normalized spacial score (nSPS) is 14.3. The van der Waals surface area contributed by atoms with Gasteiger partial charge in [-0.3, -0.25) is 4.79 Å². The van der Waals surface area contributed by atoms with Crippen LogP contribution < -0.4 is 4.90 Å². The van der Waals surface area contributed by atoms with Gasteiger partial charge in [0.15, 0.2) is 0 Å². The van der Waals surface area contributed by atoms with Crippen molar-refractivity contribution in [3.05, 3.63) is 57.2 Å². The first-order valence-corrected chi connectivity index (χ1v) is 11.6. The number of fused-ring (bicyclic) bond motifs is 1. The molecule has 1 aliphatic heterocycles. The van der Waals surface area contributed by atoms with Crippen LogP contribution in [0, 0.1) is 3.57 Å². The van der Waals surface area contributed by atoms with Crippen molar-refractivity contribution in [1.29, 1.82) is 0 Å². The molecular formula is C20H23IN2O3S. The molecule has 2 aromatic carbocycles. The van der Waals surface area contributed by atoms with Crippen LogP contribution in [-0.4, -0.2) is 38.3 Å². The summed E-state index contributed by atoms with van der Waals surface area (Å²) in [4.78, 5) is 15.1. The maximum absolute atomic E-state index is 13.1. The van der Waals surface area contributed by atoms with E-state index in [0.717, 1.165) is 27.7 Å². The summed E-state index contributed by atoms with van der Waals surface area (Å²) in [6.07, 6.45) is 1.59. The number of carbonyl (C=O) groups is 1. The number of nitrogens with zero attached hydrogens (tertiary/aromatic N) is 2. The van der Waals surface area contributed by atoms with Crippen molar-refractivity contribution in [2.45, 2.75) is 31.6 Å². The molecule has 3 rings (SSSR count). The van der Waals surface area contributed by atoms with E-state index in [4.69, 9.17) is 0 Å². The molecule has 0 unspecified atom stereocenters. The number of anilines is 1. The van der Waals surface area contributed by atoms with Gasteiger partial charge < -0.3 is 4.90 Å². The summed E-state index contributed by atoms with van der Waals surface area (Å²) in [5, 5.41) is 0. The van der Waals surface area contributed by atoms with Crippen LogP contribution in [0.3, 0.4) is 0 Å². The number of halogens is 1. The van der Waals surface area contributed by atoms with Gasteiger partial charge in [0, 0.05) is 28.9 Å². The van der Waals surface area contributed by atoms with Crippen LogP contribution in [0.1, 0.15) is 36.2 Å². The first kappa shape index (κ1) is 20.3. The molecule has 27 heavy (non-hydrogen) atoms. The van der Waals surface area contributed by atoms with E-state index in [9.17, 15) is 13.2 Å². The number of rotatable bonds is 5. The Morgan fingerprint density at radius 3 is 2.52 bits per heavy atom. The summed E-state index contributed by atoms with van der Waals surface area (Å²) in [6, 6.07) is 12.6. The number of amides is 1. The fourth-order valence-electron chi connectivity index (χ4n) is 3.44. The fraction of sp³-hybridized carbons (Fsp3) is 0.350. The van der Waals surface area contributed by atoms with Crippen LogP contribution in [0.4, 0.5) is 5.69 Å². The van der Waals surface area contributed by atoms with Gasteiger partial charge in [0.05, 0.1) is 10.5 Å². The average molecular weight is 498 g/mol. The summed E-state index contributed by atoms with van der Waals surface area (Å²) < 4.78 is 28.0. The highest BCUT2D eigenvalue weighted by molar-refractivity contribution is 14.1. The number of carbonyl (C=O) groups excluding carboxylic acids is 1. The molecule has 0 saturated carbocycles. The van der Waals surface area contributed by atoms with Crippen molar-refractivity contribution in [3.8, 4) is 0 Å². The van der Waals surface area contributed by atoms with E-state index in [1.54, 1.807) is 23.1 Å². The SMILES string of the molecule is CCN(CC)S(=O)(=O)c1ccc2c(c1)CCCN2C(=O)c1ccccc1I. The highest BCUT2D eigenvalue weighted by atomic mass is 127. The van der Waals surface area contributed by atoms with Crippen molar-refractivity contribution in [1.82, 2.24) is 4.31 Å². The van der Waals surface area contributed by atoms with Gasteiger partial charge in [-0.25, -0.2) is 8.42 Å². The summed E-state index contributed by atoms with van der Waals surface area (Å²) in [5.41, 5.74) is 2.39. The van der Waals surface area contributed by atoms with E-state index in [1.807, 2.05) is 38.1 Å². The fourth-order valence-corrected chi connectivity index (χ4v) is 5.56. The Morgan fingerprint density at radius 2 is 1.85 bits per heavy atom. The van der Waals surface area contributed by atoms with Crippen molar-refractivity contribution < 1.29 is 13.2 Å². The molecule has 0 bridgehead atoms. The Hall–Kier alpha value is -1.45. The van der Waals surface area contributed by atoms with Gasteiger partial charge in [-0.15, -0.1) is 0 Å². The Labute approximate surface area is 174 Å². The monoisotopic (exact) mass is 498 g/mol. The van der Waals surface area contributed by atoms with Gasteiger partial charge in [0.25, 0.3) is 5.91 Å². The molecule has 0 fully saturated rings. The number of hydrogen-bond acceptors (Lipinski definition) is 3. The zero-order valence-electron chi connectivity index (χ0n) is 15.5. The lowest BCUT2D eigenvalue weighted by molar-refractivity contribution is 0.0984. The second-order valence-electron chi connectivity index (χ2n) is 6.42. The summed E-state index contributed by atoms with van der Waals surface area (Å²) in [7, 11) is -3.50. The Kier molecular flexibility index (Phi) is 6.22. The second-order valence-corrected chi connectivity index (χ2v) is 9.52. The molecule has 0 spiro atoms. The summed E-state index contributed by atoms with van der Waals surface area (Å²) >= 11 is 2.17. The van der Waals surface area contributed by atoms with Crippen LogP contribution in [-0.2, 0) is 16.4 Å². The molecular weight excluding hydrogens is 475 g/mol. The quantitative estimate of drug-likeness (QED) is 0.588. The number of hydrogen-bond donors (Lipinski definition) is 0. The third kappa shape index (κ3) is 3.90. The van der Waals surface area contributed by atoms with Crippen molar-refractivity contribution in [2.75, 3.05) is 24.5 Å². The highest BCUT2D eigenvalue weighted by Gasteiger charge is 2.28.